The molecule has 1 heterocycles. The van der Waals surface area contributed by atoms with E-state index in [0.717, 1.165) is 6.92 Å². The zero-order chi connectivity index (χ0) is 15.8. The zero-order valence-corrected chi connectivity index (χ0v) is 11.6. The highest BCUT2D eigenvalue weighted by atomic mass is 31.2. The van der Waals surface area contributed by atoms with Crippen LogP contribution in [0.2, 0.25) is 0 Å². The molecule has 3 N–H and O–H groups in total. The van der Waals surface area contributed by atoms with Gasteiger partial charge in [-0.2, -0.15) is 0 Å². The van der Waals surface area contributed by atoms with Gasteiger partial charge in [0.2, 0.25) is 5.76 Å². The van der Waals surface area contributed by atoms with Crippen LogP contribution < -0.4 is 0 Å². The molecule has 0 saturated heterocycles. The fourth-order valence-electron chi connectivity index (χ4n) is 1.56. The summed E-state index contributed by atoms with van der Waals surface area (Å²) in [5.41, 5.74) is 0.280. The van der Waals surface area contributed by atoms with Gasteiger partial charge in [-0.3, -0.25) is 4.57 Å². The smallest absolute Gasteiger partial charge is 0.375 e. The number of fused-ring (bicyclic) bond motifs is 1. The summed E-state index contributed by atoms with van der Waals surface area (Å²) in [6, 6.07) is 5.24. The lowest BCUT2D eigenvalue weighted by Crippen LogP contribution is -2.14. The number of aromatic carboxylic acids is 1. The fourth-order valence-corrected chi connectivity index (χ4v) is 1.79. The van der Waals surface area contributed by atoms with Gasteiger partial charge in [0.05, 0.1) is 5.56 Å². The number of hydrogen-bond acceptors (Lipinski definition) is 5. The Balaban J connectivity index is 2.28. The first kappa shape index (κ1) is 15.2. The van der Waals surface area contributed by atoms with E-state index >= 15 is 0 Å². The van der Waals surface area contributed by atoms with E-state index in [1.54, 1.807) is 0 Å². The first-order chi connectivity index (χ1) is 9.68. The SMILES string of the molecule is CC(OC(=O)c1cc2cc(C(=O)O)ccc2o1)P(=O)(O)O. The second-order valence-corrected chi connectivity index (χ2v) is 6.17. The molecule has 1 aromatic heterocycles. The van der Waals surface area contributed by atoms with Crippen molar-refractivity contribution in [3.05, 3.63) is 35.6 Å². The van der Waals surface area contributed by atoms with Gasteiger partial charge in [0.1, 0.15) is 5.58 Å². The summed E-state index contributed by atoms with van der Waals surface area (Å²) in [5.74, 6) is -4.04. The highest BCUT2D eigenvalue weighted by molar-refractivity contribution is 7.52. The largest absolute Gasteiger partial charge is 0.478 e. The molecule has 0 aliphatic carbocycles. The molecule has 9 heteroatoms. The Morgan fingerprint density at radius 3 is 2.52 bits per heavy atom. The molecule has 1 atom stereocenters. The summed E-state index contributed by atoms with van der Waals surface area (Å²) in [6.45, 7) is 1.06. The molecular weight excluding hydrogens is 303 g/mol. The lowest BCUT2D eigenvalue weighted by atomic mass is 10.1. The van der Waals surface area contributed by atoms with Crippen LogP contribution in [0.15, 0.2) is 28.7 Å². The molecule has 0 radical (unpaired) electrons. The molecule has 2 rings (SSSR count). The van der Waals surface area contributed by atoms with Gasteiger partial charge in [-0.1, -0.05) is 0 Å². The van der Waals surface area contributed by atoms with Crippen LogP contribution >= 0.6 is 7.60 Å². The van der Waals surface area contributed by atoms with Crippen LogP contribution in [0.5, 0.6) is 0 Å². The number of carboxylic acid groups (broad SMARTS) is 1. The molecule has 0 amide bonds. The Morgan fingerprint density at radius 2 is 1.95 bits per heavy atom. The quantitative estimate of drug-likeness (QED) is 0.574. The van der Waals surface area contributed by atoms with Crippen LogP contribution in [-0.4, -0.2) is 32.7 Å². The van der Waals surface area contributed by atoms with Gasteiger partial charge in [-0.15, -0.1) is 0 Å². The third-order valence-corrected chi connectivity index (χ3v) is 3.77. The maximum atomic E-state index is 11.7. The molecule has 21 heavy (non-hydrogen) atoms. The molecule has 0 aliphatic rings. The Bertz CT molecular complexity index is 756. The average Bonchev–Trinajstić information content (AvgIpc) is 2.80. The number of furan rings is 1. The lowest BCUT2D eigenvalue weighted by molar-refractivity contribution is 0.0395. The van der Waals surface area contributed by atoms with Gasteiger partial charge in [-0.25, -0.2) is 9.59 Å². The Hall–Kier alpha value is -2.15. The van der Waals surface area contributed by atoms with Crippen molar-refractivity contribution < 1.29 is 38.2 Å². The van der Waals surface area contributed by atoms with Crippen LogP contribution in [-0.2, 0) is 9.30 Å². The summed E-state index contributed by atoms with van der Waals surface area (Å²) in [5, 5.41) is 9.23. The molecule has 0 spiro atoms. The molecule has 0 bridgehead atoms. The van der Waals surface area contributed by atoms with Crippen molar-refractivity contribution in [2.75, 3.05) is 0 Å². The van der Waals surface area contributed by atoms with Gasteiger partial charge in [0.25, 0.3) is 0 Å². The van der Waals surface area contributed by atoms with Crippen LogP contribution in [0, 0.1) is 0 Å². The summed E-state index contributed by atoms with van der Waals surface area (Å²) >= 11 is 0. The van der Waals surface area contributed by atoms with Crippen molar-refractivity contribution in [1.29, 1.82) is 0 Å². The third kappa shape index (κ3) is 3.30. The van der Waals surface area contributed by atoms with Gasteiger partial charge < -0.3 is 24.0 Å². The fraction of sp³-hybridized carbons (Fsp3) is 0.167. The van der Waals surface area contributed by atoms with Crippen molar-refractivity contribution in [2.24, 2.45) is 0 Å². The Kier molecular flexibility index (Phi) is 3.87. The van der Waals surface area contributed by atoms with Gasteiger partial charge >= 0.3 is 19.5 Å². The number of rotatable bonds is 4. The molecule has 0 fully saturated rings. The monoisotopic (exact) mass is 314 g/mol. The molecule has 2 aromatic rings. The second-order valence-electron chi connectivity index (χ2n) is 4.26. The van der Waals surface area contributed by atoms with Crippen LogP contribution in [0.4, 0.5) is 0 Å². The number of carboxylic acids is 1. The standard InChI is InChI=1S/C12H11O8P/c1-6(21(16,17)18)19-12(15)10-5-8-4-7(11(13)14)2-3-9(8)20-10/h2-6H,1H3,(H,13,14)(H2,16,17,18). The molecule has 0 aliphatic heterocycles. The molecule has 1 aromatic carbocycles. The topological polar surface area (TPSA) is 134 Å². The van der Waals surface area contributed by atoms with Gasteiger partial charge in [0, 0.05) is 5.39 Å². The van der Waals surface area contributed by atoms with E-state index in [4.69, 9.17) is 19.3 Å². The summed E-state index contributed by atoms with van der Waals surface area (Å²) < 4.78 is 20.7. The zero-order valence-electron chi connectivity index (χ0n) is 10.7. The van der Waals surface area contributed by atoms with Crippen LogP contribution in [0.25, 0.3) is 11.0 Å². The summed E-state index contributed by atoms with van der Waals surface area (Å²) in [6.07, 6.45) is 0. The molecular formula is C12H11O8P. The third-order valence-electron chi connectivity index (χ3n) is 2.72. The van der Waals surface area contributed by atoms with E-state index in [-0.39, 0.29) is 16.9 Å². The minimum atomic E-state index is -4.55. The van der Waals surface area contributed by atoms with E-state index in [2.05, 4.69) is 4.74 Å². The van der Waals surface area contributed by atoms with Gasteiger partial charge in [0.15, 0.2) is 5.85 Å². The lowest BCUT2D eigenvalue weighted by Gasteiger charge is -2.12. The van der Waals surface area contributed by atoms with E-state index in [0.29, 0.717) is 5.39 Å². The summed E-state index contributed by atoms with van der Waals surface area (Å²) in [4.78, 5) is 40.3. The predicted octanol–water partition coefficient (Wildman–Crippen LogP) is 1.81. The predicted molar refractivity (Wildman–Crippen MR) is 70.1 cm³/mol. The molecule has 112 valence electrons. The maximum Gasteiger partial charge on any atom is 0.375 e. The first-order valence-corrected chi connectivity index (χ1v) is 7.39. The van der Waals surface area contributed by atoms with Crippen molar-refractivity contribution >= 4 is 30.5 Å². The minimum Gasteiger partial charge on any atom is -0.478 e. The number of esters is 1. The Morgan fingerprint density at radius 1 is 1.29 bits per heavy atom. The van der Waals surface area contributed by atoms with E-state index < -0.39 is 25.4 Å². The average molecular weight is 314 g/mol. The number of hydrogen-bond donors (Lipinski definition) is 3. The Labute approximate surface area is 118 Å². The van der Waals surface area contributed by atoms with E-state index in [9.17, 15) is 14.2 Å². The number of carbonyl (C=O) groups is 2. The summed E-state index contributed by atoms with van der Waals surface area (Å²) in [7, 11) is -4.55. The normalized spacial score (nSPS) is 13.1. The molecule has 1 unspecified atom stereocenters. The van der Waals surface area contributed by atoms with Crippen molar-refractivity contribution in [2.45, 2.75) is 12.8 Å². The van der Waals surface area contributed by atoms with E-state index in [1.165, 1.54) is 24.3 Å². The van der Waals surface area contributed by atoms with Crippen molar-refractivity contribution in [3.63, 3.8) is 0 Å². The number of carbonyl (C=O) groups excluding carboxylic acids is 1. The number of ether oxygens (including phenoxy) is 1. The highest BCUT2D eigenvalue weighted by Gasteiger charge is 2.29. The van der Waals surface area contributed by atoms with Crippen LogP contribution in [0.3, 0.4) is 0 Å². The second kappa shape index (κ2) is 5.33. The number of benzene rings is 1. The minimum absolute atomic E-state index is 0.0202. The maximum absolute atomic E-state index is 11.7. The van der Waals surface area contributed by atoms with Crippen LogP contribution in [0.1, 0.15) is 27.8 Å². The van der Waals surface area contributed by atoms with Crippen molar-refractivity contribution in [3.8, 4) is 0 Å². The van der Waals surface area contributed by atoms with E-state index in [1.807, 2.05) is 0 Å². The van der Waals surface area contributed by atoms with Crippen molar-refractivity contribution in [1.82, 2.24) is 0 Å². The molecule has 0 saturated carbocycles. The first-order valence-electron chi connectivity index (χ1n) is 5.71. The van der Waals surface area contributed by atoms with Gasteiger partial charge in [-0.05, 0) is 31.2 Å². The highest BCUT2D eigenvalue weighted by Crippen LogP contribution is 2.41. The molecule has 8 nitrogen and oxygen atoms in total.